The van der Waals surface area contributed by atoms with E-state index in [1.165, 1.54) is 0 Å². The van der Waals surface area contributed by atoms with E-state index >= 15 is 0 Å². The third-order valence-electron chi connectivity index (χ3n) is 2.50. The summed E-state index contributed by atoms with van der Waals surface area (Å²) >= 11 is 0. The number of Topliss-reactive ketones (excluding diaryl/α,β-unsaturated/α-hetero) is 1. The molecule has 2 aromatic rings. The average Bonchev–Trinajstić information content (AvgIpc) is 2.30. The molecular weight excluding hydrogens is 198 g/mol. The van der Waals surface area contributed by atoms with Crippen molar-refractivity contribution in [3.63, 3.8) is 0 Å². The van der Waals surface area contributed by atoms with Crippen molar-refractivity contribution in [3.05, 3.63) is 53.7 Å². The summed E-state index contributed by atoms with van der Waals surface area (Å²) in [7, 11) is 0. The molecule has 2 heteroatoms. The topological polar surface area (TPSA) is 30.0 Å². The minimum Gasteiger partial charge on any atom is -0.295 e. The smallest absolute Gasteiger partial charge is 0.159 e. The van der Waals surface area contributed by atoms with E-state index in [2.05, 4.69) is 4.98 Å². The van der Waals surface area contributed by atoms with Crippen molar-refractivity contribution in [2.45, 2.75) is 13.8 Å². The highest BCUT2D eigenvalue weighted by molar-refractivity contribution is 5.94. The summed E-state index contributed by atoms with van der Waals surface area (Å²) in [5, 5.41) is 0. The number of nitrogens with zero attached hydrogens (tertiary/aromatic N) is 1. The molecule has 0 saturated heterocycles. The summed E-state index contributed by atoms with van der Waals surface area (Å²) in [5.74, 6) is 0.0865. The monoisotopic (exact) mass is 211 g/mol. The molecule has 0 amide bonds. The number of hydrogen-bond acceptors (Lipinski definition) is 2. The van der Waals surface area contributed by atoms with E-state index in [4.69, 9.17) is 0 Å². The first-order valence-corrected chi connectivity index (χ1v) is 5.21. The number of pyridine rings is 1. The lowest BCUT2D eigenvalue weighted by Crippen LogP contribution is -1.91. The molecule has 0 atom stereocenters. The van der Waals surface area contributed by atoms with Crippen molar-refractivity contribution in [2.24, 2.45) is 0 Å². The van der Waals surface area contributed by atoms with Crippen molar-refractivity contribution in [3.8, 4) is 11.3 Å². The molecule has 16 heavy (non-hydrogen) atoms. The van der Waals surface area contributed by atoms with Gasteiger partial charge >= 0.3 is 0 Å². The van der Waals surface area contributed by atoms with Gasteiger partial charge in [0.25, 0.3) is 0 Å². The van der Waals surface area contributed by atoms with Crippen LogP contribution in [0.5, 0.6) is 0 Å². The molecule has 0 aliphatic carbocycles. The highest BCUT2D eigenvalue weighted by atomic mass is 16.1. The first-order valence-electron chi connectivity index (χ1n) is 5.21. The van der Waals surface area contributed by atoms with Crippen LogP contribution in [-0.2, 0) is 0 Å². The molecular formula is C14H13NO. The van der Waals surface area contributed by atoms with Crippen molar-refractivity contribution >= 4 is 5.78 Å². The van der Waals surface area contributed by atoms with E-state index in [0.29, 0.717) is 0 Å². The molecule has 0 spiro atoms. The van der Waals surface area contributed by atoms with Gasteiger partial charge in [0.05, 0.1) is 5.69 Å². The van der Waals surface area contributed by atoms with Crippen molar-refractivity contribution in [1.29, 1.82) is 0 Å². The number of ketones is 1. The number of aryl methyl sites for hydroxylation is 1. The molecule has 1 aromatic heterocycles. The van der Waals surface area contributed by atoms with E-state index < -0.39 is 0 Å². The number of hydrogen-bond donors (Lipinski definition) is 0. The highest BCUT2D eigenvalue weighted by Crippen LogP contribution is 2.17. The van der Waals surface area contributed by atoms with Crippen LogP contribution in [0.3, 0.4) is 0 Å². The maximum atomic E-state index is 11.1. The normalized spacial score (nSPS) is 10.1. The quantitative estimate of drug-likeness (QED) is 0.714. The van der Waals surface area contributed by atoms with Gasteiger partial charge in [-0.05, 0) is 25.5 Å². The SMILES string of the molecule is CC(=O)c1ccc(-c2ccc(C)cn2)cc1. The average molecular weight is 211 g/mol. The molecule has 0 fully saturated rings. The Balaban J connectivity index is 2.34. The Morgan fingerprint density at radius 2 is 1.75 bits per heavy atom. The van der Waals surface area contributed by atoms with Gasteiger partial charge in [-0.2, -0.15) is 0 Å². The molecule has 0 N–H and O–H groups in total. The zero-order valence-corrected chi connectivity index (χ0v) is 9.40. The molecule has 0 radical (unpaired) electrons. The largest absolute Gasteiger partial charge is 0.295 e. The number of rotatable bonds is 2. The standard InChI is InChI=1S/C14H13NO/c1-10-3-8-14(15-9-10)13-6-4-12(5-7-13)11(2)16/h3-9H,1-2H3. The van der Waals surface area contributed by atoms with Crippen molar-refractivity contribution in [2.75, 3.05) is 0 Å². The van der Waals surface area contributed by atoms with Crippen LogP contribution in [0.25, 0.3) is 11.3 Å². The fourth-order valence-corrected chi connectivity index (χ4v) is 1.51. The summed E-state index contributed by atoms with van der Waals surface area (Å²) in [6.45, 7) is 3.58. The Morgan fingerprint density at radius 3 is 2.25 bits per heavy atom. The molecule has 1 aromatic carbocycles. The lowest BCUT2D eigenvalue weighted by Gasteiger charge is -2.02. The maximum absolute atomic E-state index is 11.1. The van der Waals surface area contributed by atoms with Crippen molar-refractivity contribution < 1.29 is 4.79 Å². The number of benzene rings is 1. The molecule has 1 heterocycles. The predicted octanol–water partition coefficient (Wildman–Crippen LogP) is 3.26. The van der Waals surface area contributed by atoms with Gasteiger partial charge in [-0.15, -0.1) is 0 Å². The zero-order chi connectivity index (χ0) is 11.5. The molecule has 0 saturated carbocycles. The van der Waals surface area contributed by atoms with Gasteiger partial charge in [0.2, 0.25) is 0 Å². The third kappa shape index (κ3) is 2.16. The van der Waals surface area contributed by atoms with Crippen LogP contribution >= 0.6 is 0 Å². The van der Waals surface area contributed by atoms with Gasteiger partial charge in [-0.25, -0.2) is 0 Å². The molecule has 0 unspecified atom stereocenters. The van der Waals surface area contributed by atoms with Crippen LogP contribution in [-0.4, -0.2) is 10.8 Å². The van der Waals surface area contributed by atoms with Gasteiger partial charge in [0.1, 0.15) is 0 Å². The fraction of sp³-hybridized carbons (Fsp3) is 0.143. The molecule has 2 rings (SSSR count). The fourth-order valence-electron chi connectivity index (χ4n) is 1.51. The molecule has 0 aliphatic heterocycles. The number of carbonyl (C=O) groups excluding carboxylic acids is 1. The van der Waals surface area contributed by atoms with Gasteiger partial charge < -0.3 is 0 Å². The molecule has 0 bridgehead atoms. The van der Waals surface area contributed by atoms with Crippen LogP contribution in [0.4, 0.5) is 0 Å². The van der Waals surface area contributed by atoms with Crippen LogP contribution in [0.15, 0.2) is 42.6 Å². The minimum atomic E-state index is 0.0865. The highest BCUT2D eigenvalue weighted by Gasteiger charge is 2.01. The maximum Gasteiger partial charge on any atom is 0.159 e. The van der Waals surface area contributed by atoms with Crippen molar-refractivity contribution in [1.82, 2.24) is 4.98 Å². The first kappa shape index (κ1) is 10.6. The molecule has 0 aliphatic rings. The van der Waals surface area contributed by atoms with E-state index in [0.717, 1.165) is 22.4 Å². The Kier molecular flexibility index (Phi) is 2.82. The lowest BCUT2D eigenvalue weighted by molar-refractivity contribution is 0.101. The van der Waals surface area contributed by atoms with Gasteiger partial charge in [-0.3, -0.25) is 9.78 Å². The van der Waals surface area contributed by atoms with Gasteiger partial charge in [0.15, 0.2) is 5.78 Å². The Bertz CT molecular complexity index is 497. The van der Waals surface area contributed by atoms with Crippen LogP contribution in [0.1, 0.15) is 22.8 Å². The second-order valence-electron chi connectivity index (χ2n) is 3.85. The Labute approximate surface area is 95.0 Å². The number of carbonyl (C=O) groups is 1. The second-order valence-corrected chi connectivity index (χ2v) is 3.85. The predicted molar refractivity (Wildman–Crippen MR) is 64.4 cm³/mol. The summed E-state index contributed by atoms with van der Waals surface area (Å²) in [4.78, 5) is 15.5. The van der Waals surface area contributed by atoms with Gasteiger partial charge in [-0.1, -0.05) is 30.3 Å². The summed E-state index contributed by atoms with van der Waals surface area (Å²) < 4.78 is 0. The minimum absolute atomic E-state index is 0.0865. The van der Waals surface area contributed by atoms with Crippen LogP contribution in [0, 0.1) is 6.92 Å². The summed E-state index contributed by atoms with van der Waals surface area (Å²) in [6, 6.07) is 11.5. The second kappa shape index (κ2) is 4.27. The molecule has 2 nitrogen and oxygen atoms in total. The zero-order valence-electron chi connectivity index (χ0n) is 9.40. The molecule has 80 valence electrons. The van der Waals surface area contributed by atoms with E-state index in [9.17, 15) is 4.79 Å². The third-order valence-corrected chi connectivity index (χ3v) is 2.50. The van der Waals surface area contributed by atoms with E-state index in [-0.39, 0.29) is 5.78 Å². The Morgan fingerprint density at radius 1 is 1.06 bits per heavy atom. The Hall–Kier alpha value is -1.96. The van der Waals surface area contributed by atoms with Crippen LogP contribution in [0.2, 0.25) is 0 Å². The summed E-state index contributed by atoms with van der Waals surface area (Å²) in [5.41, 5.74) is 3.84. The van der Waals surface area contributed by atoms with E-state index in [1.807, 2.05) is 49.5 Å². The summed E-state index contributed by atoms with van der Waals surface area (Å²) in [6.07, 6.45) is 1.84. The number of aromatic nitrogens is 1. The first-order chi connectivity index (χ1) is 7.66. The van der Waals surface area contributed by atoms with Crippen LogP contribution < -0.4 is 0 Å². The van der Waals surface area contributed by atoms with Gasteiger partial charge in [0, 0.05) is 17.3 Å². The van der Waals surface area contributed by atoms with E-state index in [1.54, 1.807) is 6.92 Å². The lowest BCUT2D eigenvalue weighted by atomic mass is 10.1.